The van der Waals surface area contributed by atoms with E-state index in [0.717, 1.165) is 14.3 Å². The first kappa shape index (κ1) is 14.0. The molecule has 7 heteroatoms. The second-order valence-electron chi connectivity index (χ2n) is 3.79. The molecule has 0 amide bonds. The van der Waals surface area contributed by atoms with Crippen LogP contribution in [0.15, 0.2) is 40.1 Å². The second-order valence-corrected chi connectivity index (χ2v) is 5.45. The fourth-order valence-corrected chi connectivity index (χ4v) is 2.01. The van der Waals surface area contributed by atoms with E-state index in [9.17, 15) is 14.4 Å². The van der Waals surface area contributed by atoms with E-state index in [0.29, 0.717) is 5.56 Å². The molecule has 19 heavy (non-hydrogen) atoms. The Morgan fingerprint density at radius 2 is 1.89 bits per heavy atom. The number of Topliss-reactive ketones (excluding diaryl/α,β-unsaturated/α-hetero) is 1. The minimum Gasteiger partial charge on any atom is -0.292 e. The van der Waals surface area contributed by atoms with Crippen LogP contribution in [0.5, 0.6) is 0 Å². The van der Waals surface area contributed by atoms with E-state index in [-0.39, 0.29) is 17.4 Å². The molecule has 2 aromatic rings. The lowest BCUT2D eigenvalue weighted by molar-refractivity contribution is 0.0970. The maximum Gasteiger partial charge on any atom is 0.328 e. The van der Waals surface area contributed by atoms with Crippen molar-refractivity contribution in [2.45, 2.75) is 6.54 Å². The summed E-state index contributed by atoms with van der Waals surface area (Å²) < 4.78 is 2.09. The molecule has 98 valence electrons. The number of halogens is 2. The molecule has 0 saturated carbocycles. The Bertz CT molecular complexity index is 734. The Hall–Kier alpha value is -1.41. The Balaban J connectivity index is 2.29. The van der Waals surface area contributed by atoms with Gasteiger partial charge in [-0.2, -0.15) is 0 Å². The van der Waals surface area contributed by atoms with Gasteiger partial charge in [-0.05, 0) is 34.7 Å². The van der Waals surface area contributed by atoms with Crippen LogP contribution in [-0.2, 0) is 6.54 Å². The number of benzene rings is 1. The van der Waals surface area contributed by atoms with Gasteiger partial charge in [-0.3, -0.25) is 19.1 Å². The zero-order valence-electron chi connectivity index (χ0n) is 9.52. The molecule has 0 saturated heterocycles. The topological polar surface area (TPSA) is 71.9 Å². The molecule has 0 spiro atoms. The molecule has 0 aliphatic carbocycles. The van der Waals surface area contributed by atoms with Crippen molar-refractivity contribution in [1.82, 2.24) is 9.55 Å². The van der Waals surface area contributed by atoms with Gasteiger partial charge in [-0.25, -0.2) is 4.79 Å². The third-order valence-corrected chi connectivity index (χ3v) is 3.44. The minimum atomic E-state index is -0.662. The number of nitrogens with zero attached hydrogens (tertiary/aromatic N) is 1. The van der Waals surface area contributed by atoms with Gasteiger partial charge in [0, 0.05) is 15.3 Å². The average Bonchev–Trinajstić information content (AvgIpc) is 2.36. The van der Waals surface area contributed by atoms with Crippen molar-refractivity contribution >= 4 is 40.0 Å². The third kappa shape index (κ3) is 3.32. The highest BCUT2D eigenvalue weighted by molar-refractivity contribution is 14.1. The Labute approximate surface area is 126 Å². The van der Waals surface area contributed by atoms with Gasteiger partial charge in [0.2, 0.25) is 0 Å². The number of ketones is 1. The maximum absolute atomic E-state index is 12.0. The summed E-state index contributed by atoms with van der Waals surface area (Å²) in [5.41, 5.74) is -0.826. The largest absolute Gasteiger partial charge is 0.328 e. The molecule has 0 radical (unpaired) electrons. The quantitative estimate of drug-likeness (QED) is 0.640. The van der Waals surface area contributed by atoms with Crippen LogP contribution in [-0.4, -0.2) is 15.3 Å². The predicted octanol–water partition coefficient (Wildman–Crippen LogP) is 1.68. The molecule has 1 aromatic carbocycles. The number of hydrogen-bond donors (Lipinski definition) is 1. The number of nitrogens with one attached hydrogen (secondary N) is 1. The number of aromatic nitrogens is 2. The van der Waals surface area contributed by atoms with E-state index >= 15 is 0 Å². The van der Waals surface area contributed by atoms with Crippen molar-refractivity contribution in [3.63, 3.8) is 0 Å². The minimum absolute atomic E-state index is 0.130. The Kier molecular flexibility index (Phi) is 4.20. The monoisotopic (exact) mass is 390 g/mol. The lowest BCUT2D eigenvalue weighted by atomic mass is 10.1. The molecule has 0 atom stereocenters. The first-order chi connectivity index (χ1) is 8.97. The van der Waals surface area contributed by atoms with Crippen LogP contribution in [0.4, 0.5) is 0 Å². The molecule has 1 N–H and O–H groups in total. The molecule has 0 aliphatic heterocycles. The summed E-state index contributed by atoms with van der Waals surface area (Å²) in [6.45, 7) is -0.171. The first-order valence-corrected chi connectivity index (χ1v) is 6.71. The van der Waals surface area contributed by atoms with Crippen LogP contribution in [0.3, 0.4) is 0 Å². The van der Waals surface area contributed by atoms with Gasteiger partial charge in [0.05, 0.1) is 6.54 Å². The number of carbonyl (C=O) groups is 1. The fourth-order valence-electron chi connectivity index (χ4n) is 1.48. The summed E-state index contributed by atoms with van der Waals surface area (Å²) in [5, 5.41) is -0.130. The van der Waals surface area contributed by atoms with Crippen molar-refractivity contribution in [2.24, 2.45) is 0 Å². The van der Waals surface area contributed by atoms with Crippen molar-refractivity contribution in [1.29, 1.82) is 0 Å². The number of aromatic amines is 1. The molecule has 0 unspecified atom stereocenters. The summed E-state index contributed by atoms with van der Waals surface area (Å²) in [5.74, 6) is -0.235. The first-order valence-electron chi connectivity index (χ1n) is 5.25. The number of carbonyl (C=O) groups excluding carboxylic acids is 1. The standard InChI is InChI=1S/C12H8ClIN2O3/c13-9-5-16(12(19)15-11(9)18)6-10(17)7-1-3-8(14)4-2-7/h1-5H,6H2,(H,15,18,19). The van der Waals surface area contributed by atoms with E-state index in [1.165, 1.54) is 0 Å². The van der Waals surface area contributed by atoms with E-state index in [4.69, 9.17) is 11.6 Å². The van der Waals surface area contributed by atoms with Crippen molar-refractivity contribution in [3.8, 4) is 0 Å². The SMILES string of the molecule is O=C(Cn1cc(Cl)c(=O)[nH]c1=O)c1ccc(I)cc1. The summed E-state index contributed by atoms with van der Waals surface area (Å²) in [6, 6.07) is 6.97. The van der Waals surface area contributed by atoms with Crippen LogP contribution in [0.25, 0.3) is 0 Å². The van der Waals surface area contributed by atoms with Crippen molar-refractivity contribution < 1.29 is 4.79 Å². The average molecular weight is 391 g/mol. The normalized spacial score (nSPS) is 10.4. The van der Waals surface area contributed by atoms with Crippen LogP contribution in [0.2, 0.25) is 5.02 Å². The van der Waals surface area contributed by atoms with Gasteiger partial charge in [0.1, 0.15) is 5.02 Å². The van der Waals surface area contributed by atoms with Crippen molar-refractivity contribution in [3.05, 3.63) is 65.5 Å². The number of H-pyrrole nitrogens is 1. The van der Waals surface area contributed by atoms with Gasteiger partial charge in [-0.1, -0.05) is 23.7 Å². The molecule has 1 heterocycles. The molecule has 1 aromatic heterocycles. The highest BCUT2D eigenvalue weighted by atomic mass is 127. The summed E-state index contributed by atoms with van der Waals surface area (Å²) in [4.78, 5) is 36.6. The summed E-state index contributed by atoms with van der Waals surface area (Å²) >= 11 is 7.75. The van der Waals surface area contributed by atoms with Gasteiger partial charge in [0.15, 0.2) is 5.78 Å². The van der Waals surface area contributed by atoms with Crippen molar-refractivity contribution in [2.75, 3.05) is 0 Å². The maximum atomic E-state index is 12.0. The van der Waals surface area contributed by atoms with E-state index in [2.05, 4.69) is 22.6 Å². The summed E-state index contributed by atoms with van der Waals surface area (Å²) in [7, 11) is 0. The lowest BCUT2D eigenvalue weighted by Gasteiger charge is -2.05. The van der Waals surface area contributed by atoms with Crippen LogP contribution in [0.1, 0.15) is 10.4 Å². The Morgan fingerprint density at radius 1 is 1.26 bits per heavy atom. The van der Waals surface area contributed by atoms with Gasteiger partial charge >= 0.3 is 5.69 Å². The highest BCUT2D eigenvalue weighted by Crippen LogP contribution is 2.08. The number of rotatable bonds is 3. The van der Waals surface area contributed by atoms with E-state index in [1.54, 1.807) is 24.3 Å². The van der Waals surface area contributed by atoms with E-state index in [1.807, 2.05) is 4.98 Å². The van der Waals surface area contributed by atoms with Gasteiger partial charge in [0.25, 0.3) is 5.56 Å². The zero-order chi connectivity index (χ0) is 14.0. The molecule has 0 bridgehead atoms. The second kappa shape index (κ2) is 5.70. The molecule has 2 rings (SSSR count). The highest BCUT2D eigenvalue weighted by Gasteiger charge is 2.09. The van der Waals surface area contributed by atoms with Crippen LogP contribution in [0, 0.1) is 3.57 Å². The zero-order valence-corrected chi connectivity index (χ0v) is 12.4. The molecule has 0 fully saturated rings. The lowest BCUT2D eigenvalue weighted by Crippen LogP contribution is -2.31. The fraction of sp³-hybridized carbons (Fsp3) is 0.0833. The Morgan fingerprint density at radius 3 is 2.53 bits per heavy atom. The van der Waals surface area contributed by atoms with Crippen LogP contribution >= 0.6 is 34.2 Å². The van der Waals surface area contributed by atoms with Crippen LogP contribution < -0.4 is 11.2 Å². The predicted molar refractivity (Wildman–Crippen MR) is 79.8 cm³/mol. The van der Waals surface area contributed by atoms with E-state index < -0.39 is 11.2 Å². The molecular weight excluding hydrogens is 382 g/mol. The third-order valence-electron chi connectivity index (χ3n) is 2.45. The molecule has 5 nitrogen and oxygen atoms in total. The number of hydrogen-bond acceptors (Lipinski definition) is 3. The molecule has 0 aliphatic rings. The summed E-state index contributed by atoms with van der Waals surface area (Å²) in [6.07, 6.45) is 1.16. The smallest absolute Gasteiger partial charge is 0.292 e. The van der Waals surface area contributed by atoms with Gasteiger partial charge in [-0.15, -0.1) is 0 Å². The molecular formula is C12H8ClIN2O3. The van der Waals surface area contributed by atoms with Gasteiger partial charge < -0.3 is 0 Å².